The largest absolute Gasteiger partial charge is 0.507 e. The topological polar surface area (TPSA) is 37.3 Å². The van der Waals surface area contributed by atoms with Gasteiger partial charge in [0.05, 0.1) is 10.6 Å². The van der Waals surface area contributed by atoms with Gasteiger partial charge >= 0.3 is 0 Å². The average Bonchev–Trinajstić information content (AvgIpc) is 2.12. The summed E-state index contributed by atoms with van der Waals surface area (Å²) in [6.45, 7) is 3.31. The number of Topliss-reactive ketones (excluding diaryl/α,β-unsaturated/α-hetero) is 1. The average molecular weight is 217 g/mol. The first kappa shape index (κ1) is 11.0. The maximum Gasteiger partial charge on any atom is 0.170 e. The molecule has 0 fully saturated rings. The summed E-state index contributed by atoms with van der Waals surface area (Å²) in [5.41, 5.74) is -0.137. The van der Waals surface area contributed by atoms with E-state index in [2.05, 4.69) is 0 Å². The van der Waals surface area contributed by atoms with E-state index >= 15 is 0 Å². The highest BCUT2D eigenvalue weighted by Gasteiger charge is 2.20. The number of ketones is 1. The number of carbonyl (C=O) groups excluding carboxylic acids is 1. The fraction of sp³-hybridized carbons (Fsp3) is 0.300. The van der Waals surface area contributed by atoms with Gasteiger partial charge in [0.1, 0.15) is 11.6 Å². The summed E-state index contributed by atoms with van der Waals surface area (Å²) < 4.78 is 13.0. The van der Waals surface area contributed by atoms with Crippen molar-refractivity contribution in [3.8, 4) is 5.75 Å². The Morgan fingerprint density at radius 3 is 2.57 bits per heavy atom. The number of aromatic hydroxyl groups is 1. The summed E-state index contributed by atoms with van der Waals surface area (Å²) in [6.07, 6.45) is 0. The van der Waals surface area contributed by atoms with Crippen molar-refractivity contribution in [3.63, 3.8) is 0 Å². The second-order valence-corrected chi connectivity index (χ2v) is 3.65. The molecule has 0 radical (unpaired) electrons. The van der Waals surface area contributed by atoms with E-state index in [1.54, 1.807) is 13.8 Å². The van der Waals surface area contributed by atoms with Crippen molar-refractivity contribution in [2.75, 3.05) is 0 Å². The van der Waals surface area contributed by atoms with Gasteiger partial charge in [0.2, 0.25) is 0 Å². The molecule has 76 valence electrons. The monoisotopic (exact) mass is 216 g/mol. The Kier molecular flexibility index (Phi) is 3.11. The van der Waals surface area contributed by atoms with Gasteiger partial charge in [-0.1, -0.05) is 25.4 Å². The second-order valence-electron chi connectivity index (χ2n) is 3.27. The molecule has 0 spiro atoms. The van der Waals surface area contributed by atoms with E-state index in [0.717, 1.165) is 12.1 Å². The molecule has 0 unspecified atom stereocenters. The molecule has 0 bridgehead atoms. The van der Waals surface area contributed by atoms with Crippen molar-refractivity contribution in [1.29, 1.82) is 0 Å². The van der Waals surface area contributed by atoms with Gasteiger partial charge in [-0.05, 0) is 12.1 Å². The molecular weight excluding hydrogens is 207 g/mol. The van der Waals surface area contributed by atoms with Gasteiger partial charge in [0.15, 0.2) is 5.78 Å². The van der Waals surface area contributed by atoms with Crippen LogP contribution in [-0.2, 0) is 0 Å². The molecule has 1 aromatic carbocycles. The van der Waals surface area contributed by atoms with E-state index in [4.69, 9.17) is 11.6 Å². The van der Waals surface area contributed by atoms with Crippen molar-refractivity contribution in [1.82, 2.24) is 0 Å². The molecule has 0 atom stereocenters. The standard InChI is InChI=1S/C10H10ClFO2/c1-5(2)10(14)8-7(13)4-3-6(12)9(8)11/h3-5,13H,1-2H3. The number of carbonyl (C=O) groups is 1. The summed E-state index contributed by atoms with van der Waals surface area (Å²) in [6, 6.07) is 2.14. The predicted octanol–water partition coefficient (Wildman–Crippen LogP) is 3.02. The Morgan fingerprint density at radius 2 is 2.07 bits per heavy atom. The molecule has 0 saturated carbocycles. The Hall–Kier alpha value is -1.09. The fourth-order valence-electron chi connectivity index (χ4n) is 1.06. The van der Waals surface area contributed by atoms with Gasteiger partial charge in [0, 0.05) is 5.92 Å². The van der Waals surface area contributed by atoms with Crippen LogP contribution in [-0.4, -0.2) is 10.9 Å². The predicted molar refractivity (Wildman–Crippen MR) is 52.2 cm³/mol. The Morgan fingerprint density at radius 1 is 1.50 bits per heavy atom. The first-order valence-corrected chi connectivity index (χ1v) is 4.54. The lowest BCUT2D eigenvalue weighted by Crippen LogP contribution is -2.09. The summed E-state index contributed by atoms with van der Waals surface area (Å²) in [5.74, 6) is -1.68. The SMILES string of the molecule is CC(C)C(=O)c1c(O)ccc(F)c1Cl. The molecule has 0 aliphatic carbocycles. The van der Waals surface area contributed by atoms with Crippen molar-refractivity contribution in [2.24, 2.45) is 5.92 Å². The number of rotatable bonds is 2. The number of benzene rings is 1. The van der Waals surface area contributed by atoms with Crippen LogP contribution in [0.5, 0.6) is 5.75 Å². The molecule has 0 heterocycles. The Bertz CT molecular complexity index is 375. The van der Waals surface area contributed by atoms with Crippen LogP contribution in [0.3, 0.4) is 0 Å². The minimum Gasteiger partial charge on any atom is -0.507 e. The van der Waals surface area contributed by atoms with Gasteiger partial charge in [-0.15, -0.1) is 0 Å². The first-order valence-electron chi connectivity index (χ1n) is 4.16. The molecule has 1 rings (SSSR count). The van der Waals surface area contributed by atoms with Crippen LogP contribution < -0.4 is 0 Å². The highest BCUT2D eigenvalue weighted by molar-refractivity contribution is 6.34. The molecule has 0 amide bonds. The summed E-state index contributed by atoms with van der Waals surface area (Å²) in [5, 5.41) is 9.05. The van der Waals surface area contributed by atoms with Crippen LogP contribution in [0.15, 0.2) is 12.1 Å². The quantitative estimate of drug-likeness (QED) is 0.772. The van der Waals surface area contributed by atoms with Crippen LogP contribution in [0.2, 0.25) is 5.02 Å². The van der Waals surface area contributed by atoms with E-state index < -0.39 is 5.82 Å². The fourth-order valence-corrected chi connectivity index (χ4v) is 1.32. The summed E-state index contributed by atoms with van der Waals surface area (Å²) in [7, 11) is 0. The molecule has 0 aliphatic rings. The van der Waals surface area contributed by atoms with E-state index in [-0.39, 0.29) is 28.0 Å². The highest BCUT2D eigenvalue weighted by atomic mass is 35.5. The van der Waals surface area contributed by atoms with Gasteiger partial charge in [-0.25, -0.2) is 4.39 Å². The lowest BCUT2D eigenvalue weighted by atomic mass is 10.00. The smallest absolute Gasteiger partial charge is 0.170 e. The third-order valence-corrected chi connectivity index (χ3v) is 2.21. The molecule has 1 aromatic rings. The van der Waals surface area contributed by atoms with Crippen molar-refractivity contribution >= 4 is 17.4 Å². The van der Waals surface area contributed by atoms with Crippen LogP contribution in [0.1, 0.15) is 24.2 Å². The number of phenols is 1. The number of phenolic OH excluding ortho intramolecular Hbond substituents is 1. The zero-order valence-electron chi connectivity index (χ0n) is 7.84. The van der Waals surface area contributed by atoms with Gasteiger partial charge < -0.3 is 5.11 Å². The van der Waals surface area contributed by atoms with Gasteiger partial charge in [0.25, 0.3) is 0 Å². The minimum atomic E-state index is -0.700. The third-order valence-electron chi connectivity index (χ3n) is 1.84. The van der Waals surface area contributed by atoms with Crippen LogP contribution in [0.4, 0.5) is 4.39 Å². The van der Waals surface area contributed by atoms with Crippen molar-refractivity contribution < 1.29 is 14.3 Å². The number of halogens is 2. The zero-order chi connectivity index (χ0) is 10.9. The van der Waals surface area contributed by atoms with Crippen LogP contribution in [0.25, 0.3) is 0 Å². The van der Waals surface area contributed by atoms with E-state index in [9.17, 15) is 14.3 Å². The molecular formula is C10H10ClFO2. The maximum atomic E-state index is 13.0. The van der Waals surface area contributed by atoms with Crippen LogP contribution in [0, 0.1) is 11.7 Å². The normalized spacial score (nSPS) is 10.6. The van der Waals surface area contributed by atoms with E-state index in [1.807, 2.05) is 0 Å². The molecule has 4 heteroatoms. The lowest BCUT2D eigenvalue weighted by molar-refractivity contribution is 0.0936. The van der Waals surface area contributed by atoms with Crippen LogP contribution >= 0.6 is 11.6 Å². The minimum absolute atomic E-state index is 0.137. The summed E-state index contributed by atoms with van der Waals surface area (Å²) >= 11 is 5.58. The molecule has 14 heavy (non-hydrogen) atoms. The highest BCUT2D eigenvalue weighted by Crippen LogP contribution is 2.30. The molecule has 0 aromatic heterocycles. The van der Waals surface area contributed by atoms with Gasteiger partial charge in [-0.3, -0.25) is 4.79 Å². The molecule has 1 N–H and O–H groups in total. The molecule has 0 aliphatic heterocycles. The molecule has 0 saturated heterocycles. The van der Waals surface area contributed by atoms with Gasteiger partial charge in [-0.2, -0.15) is 0 Å². The van der Waals surface area contributed by atoms with Crippen molar-refractivity contribution in [3.05, 3.63) is 28.5 Å². The van der Waals surface area contributed by atoms with E-state index in [0.29, 0.717) is 0 Å². The van der Waals surface area contributed by atoms with Crippen molar-refractivity contribution in [2.45, 2.75) is 13.8 Å². The number of hydrogen-bond acceptors (Lipinski definition) is 2. The third kappa shape index (κ3) is 1.87. The lowest BCUT2D eigenvalue weighted by Gasteiger charge is -2.08. The summed E-state index contributed by atoms with van der Waals surface area (Å²) in [4.78, 5) is 11.5. The number of hydrogen-bond donors (Lipinski definition) is 1. The zero-order valence-corrected chi connectivity index (χ0v) is 8.60. The maximum absolute atomic E-state index is 13.0. The first-order chi connectivity index (χ1) is 6.45. The Labute approximate surface area is 86.3 Å². The Balaban J connectivity index is 3.33. The molecule has 2 nitrogen and oxygen atoms in total. The van der Waals surface area contributed by atoms with E-state index in [1.165, 1.54) is 0 Å². The second kappa shape index (κ2) is 3.96.